The Hall–Kier alpha value is -1.55. The topological polar surface area (TPSA) is 58.9 Å². The van der Waals surface area contributed by atoms with E-state index in [9.17, 15) is 4.79 Å². The molecular formula is C12H12ClNO3. The highest BCUT2D eigenvalue weighted by Crippen LogP contribution is 2.16. The van der Waals surface area contributed by atoms with Crippen LogP contribution in [-0.2, 0) is 16.0 Å². The van der Waals surface area contributed by atoms with E-state index >= 15 is 0 Å². The summed E-state index contributed by atoms with van der Waals surface area (Å²) in [5.74, 6) is -0.614. The molecule has 2 rings (SSSR count). The van der Waals surface area contributed by atoms with E-state index in [4.69, 9.17) is 21.4 Å². The molecule has 1 N–H and O–H groups in total. The molecule has 90 valence electrons. The SMILES string of the molecule is O=C(O)CC1=NCC(Cc2cccc(Cl)c2)O1. The van der Waals surface area contributed by atoms with Crippen molar-refractivity contribution >= 4 is 23.5 Å². The summed E-state index contributed by atoms with van der Waals surface area (Å²) < 4.78 is 5.44. The number of aliphatic imine (C=N–C) groups is 1. The fraction of sp³-hybridized carbons (Fsp3) is 0.333. The zero-order valence-electron chi connectivity index (χ0n) is 9.10. The summed E-state index contributed by atoms with van der Waals surface area (Å²) >= 11 is 5.88. The lowest BCUT2D eigenvalue weighted by atomic mass is 10.1. The number of carbonyl (C=O) groups is 1. The number of carboxylic acids is 1. The average Bonchev–Trinajstić information content (AvgIpc) is 2.64. The second kappa shape index (κ2) is 5.19. The lowest BCUT2D eigenvalue weighted by molar-refractivity contribution is -0.135. The number of nitrogens with zero attached hydrogens (tertiary/aromatic N) is 1. The zero-order valence-corrected chi connectivity index (χ0v) is 9.85. The van der Waals surface area contributed by atoms with Crippen LogP contribution in [0.5, 0.6) is 0 Å². The number of halogens is 1. The first kappa shape index (κ1) is 11.9. The summed E-state index contributed by atoms with van der Waals surface area (Å²) in [6, 6.07) is 7.53. The van der Waals surface area contributed by atoms with Crippen LogP contribution in [0.1, 0.15) is 12.0 Å². The first-order chi connectivity index (χ1) is 8.13. The molecule has 0 amide bonds. The summed E-state index contributed by atoms with van der Waals surface area (Å²) in [4.78, 5) is 14.5. The van der Waals surface area contributed by atoms with Gasteiger partial charge in [-0.1, -0.05) is 23.7 Å². The molecule has 1 heterocycles. The van der Waals surface area contributed by atoms with Crippen molar-refractivity contribution in [3.63, 3.8) is 0 Å². The Labute approximate surface area is 104 Å². The van der Waals surface area contributed by atoms with Gasteiger partial charge < -0.3 is 9.84 Å². The van der Waals surface area contributed by atoms with Gasteiger partial charge in [-0.25, -0.2) is 0 Å². The summed E-state index contributed by atoms with van der Waals surface area (Å²) in [6.45, 7) is 0.509. The second-order valence-electron chi connectivity index (χ2n) is 3.88. The van der Waals surface area contributed by atoms with Crippen LogP contribution in [0.25, 0.3) is 0 Å². The highest BCUT2D eigenvalue weighted by Gasteiger charge is 2.21. The molecule has 1 aliphatic rings. The quantitative estimate of drug-likeness (QED) is 0.895. The van der Waals surface area contributed by atoms with Gasteiger partial charge in [-0.05, 0) is 17.7 Å². The molecule has 1 aliphatic heterocycles. The molecule has 0 aromatic heterocycles. The Morgan fingerprint density at radius 1 is 1.59 bits per heavy atom. The Bertz CT molecular complexity index is 459. The van der Waals surface area contributed by atoms with Gasteiger partial charge in [-0.15, -0.1) is 0 Å². The smallest absolute Gasteiger partial charge is 0.312 e. The number of benzene rings is 1. The van der Waals surface area contributed by atoms with Gasteiger partial charge in [-0.2, -0.15) is 0 Å². The van der Waals surface area contributed by atoms with Crippen LogP contribution in [0.2, 0.25) is 5.02 Å². The standard InChI is InChI=1S/C12H12ClNO3/c13-9-3-1-2-8(4-9)5-10-7-14-11(17-10)6-12(15)16/h1-4,10H,5-7H2,(H,15,16). The number of rotatable bonds is 4. The van der Waals surface area contributed by atoms with Crippen molar-refractivity contribution in [1.82, 2.24) is 0 Å². The van der Waals surface area contributed by atoms with Gasteiger partial charge in [0, 0.05) is 11.4 Å². The van der Waals surface area contributed by atoms with E-state index in [0.717, 1.165) is 5.56 Å². The Balaban J connectivity index is 1.89. The van der Waals surface area contributed by atoms with E-state index in [1.165, 1.54) is 0 Å². The van der Waals surface area contributed by atoms with E-state index in [-0.39, 0.29) is 12.5 Å². The van der Waals surface area contributed by atoms with Gasteiger partial charge >= 0.3 is 5.97 Å². The predicted molar refractivity (Wildman–Crippen MR) is 64.6 cm³/mol. The van der Waals surface area contributed by atoms with Crippen LogP contribution >= 0.6 is 11.6 Å². The lowest BCUT2D eigenvalue weighted by Gasteiger charge is -2.10. The minimum absolute atomic E-state index is 0.0807. The molecule has 0 aliphatic carbocycles. The zero-order chi connectivity index (χ0) is 12.3. The van der Waals surface area contributed by atoms with Crippen molar-refractivity contribution in [2.75, 3.05) is 6.54 Å². The highest BCUT2D eigenvalue weighted by molar-refractivity contribution is 6.30. The fourth-order valence-electron chi connectivity index (χ4n) is 1.73. The molecule has 1 unspecified atom stereocenters. The third-order valence-electron chi connectivity index (χ3n) is 2.43. The molecule has 17 heavy (non-hydrogen) atoms. The van der Waals surface area contributed by atoms with Crippen molar-refractivity contribution in [2.24, 2.45) is 4.99 Å². The van der Waals surface area contributed by atoms with Crippen LogP contribution in [-0.4, -0.2) is 29.6 Å². The molecule has 0 saturated carbocycles. The average molecular weight is 254 g/mol. The van der Waals surface area contributed by atoms with E-state index in [0.29, 0.717) is 23.9 Å². The van der Waals surface area contributed by atoms with Crippen molar-refractivity contribution in [1.29, 1.82) is 0 Å². The number of hydrogen-bond donors (Lipinski definition) is 1. The van der Waals surface area contributed by atoms with Crippen LogP contribution in [0.3, 0.4) is 0 Å². The number of carboxylic acid groups (broad SMARTS) is 1. The Kier molecular flexibility index (Phi) is 3.64. The van der Waals surface area contributed by atoms with Crippen molar-refractivity contribution in [2.45, 2.75) is 18.9 Å². The minimum Gasteiger partial charge on any atom is -0.481 e. The van der Waals surface area contributed by atoms with Crippen LogP contribution in [0, 0.1) is 0 Å². The van der Waals surface area contributed by atoms with Crippen molar-refractivity contribution in [3.05, 3.63) is 34.9 Å². The van der Waals surface area contributed by atoms with Gasteiger partial charge in [0.15, 0.2) is 5.90 Å². The van der Waals surface area contributed by atoms with Crippen LogP contribution in [0.4, 0.5) is 0 Å². The molecule has 1 atom stereocenters. The van der Waals surface area contributed by atoms with E-state index in [1.54, 1.807) is 0 Å². The Morgan fingerprint density at radius 3 is 3.12 bits per heavy atom. The molecule has 1 aromatic carbocycles. The normalized spacial score (nSPS) is 18.6. The highest BCUT2D eigenvalue weighted by atomic mass is 35.5. The largest absolute Gasteiger partial charge is 0.481 e. The lowest BCUT2D eigenvalue weighted by Crippen LogP contribution is -2.17. The van der Waals surface area contributed by atoms with Gasteiger partial charge in [0.1, 0.15) is 12.5 Å². The fourth-order valence-corrected chi connectivity index (χ4v) is 1.94. The van der Waals surface area contributed by atoms with E-state index in [1.807, 2.05) is 24.3 Å². The molecule has 4 nitrogen and oxygen atoms in total. The van der Waals surface area contributed by atoms with Gasteiger partial charge in [0.25, 0.3) is 0 Å². The third-order valence-corrected chi connectivity index (χ3v) is 2.66. The second-order valence-corrected chi connectivity index (χ2v) is 4.32. The summed E-state index contributed by atoms with van der Waals surface area (Å²) in [5.41, 5.74) is 1.06. The molecule has 1 aromatic rings. The minimum atomic E-state index is -0.924. The van der Waals surface area contributed by atoms with Crippen LogP contribution < -0.4 is 0 Å². The Morgan fingerprint density at radius 2 is 2.41 bits per heavy atom. The van der Waals surface area contributed by atoms with Gasteiger partial charge in [0.05, 0.1) is 6.54 Å². The van der Waals surface area contributed by atoms with Gasteiger partial charge in [-0.3, -0.25) is 9.79 Å². The predicted octanol–water partition coefficient (Wildman–Crippen LogP) is 2.15. The molecule has 0 radical (unpaired) electrons. The van der Waals surface area contributed by atoms with Gasteiger partial charge in [0.2, 0.25) is 0 Å². The number of aliphatic carboxylic acids is 1. The first-order valence-corrected chi connectivity index (χ1v) is 5.67. The van der Waals surface area contributed by atoms with Crippen molar-refractivity contribution < 1.29 is 14.6 Å². The summed E-state index contributed by atoms with van der Waals surface area (Å²) in [7, 11) is 0. The van der Waals surface area contributed by atoms with Crippen LogP contribution in [0.15, 0.2) is 29.3 Å². The molecule has 0 fully saturated rings. The maximum Gasteiger partial charge on any atom is 0.312 e. The third kappa shape index (κ3) is 3.46. The number of hydrogen-bond acceptors (Lipinski definition) is 3. The monoisotopic (exact) mass is 253 g/mol. The molecule has 0 spiro atoms. The van der Waals surface area contributed by atoms with E-state index in [2.05, 4.69) is 4.99 Å². The summed E-state index contributed by atoms with van der Waals surface area (Å²) in [6.07, 6.45) is 0.460. The summed E-state index contributed by atoms with van der Waals surface area (Å²) in [5, 5.41) is 9.30. The number of ether oxygens (including phenoxy) is 1. The van der Waals surface area contributed by atoms with E-state index < -0.39 is 5.97 Å². The molecule has 0 bridgehead atoms. The maximum atomic E-state index is 10.5. The molecule has 0 saturated heterocycles. The molecule has 5 heteroatoms. The maximum absolute atomic E-state index is 10.5. The molecular weight excluding hydrogens is 242 g/mol. The first-order valence-electron chi connectivity index (χ1n) is 5.29. The van der Waals surface area contributed by atoms with Crippen molar-refractivity contribution in [3.8, 4) is 0 Å².